The van der Waals surface area contributed by atoms with Gasteiger partial charge in [-0.05, 0) is 37.5 Å². The molecular formula is C15H32IN3O. The van der Waals surface area contributed by atoms with Gasteiger partial charge in [-0.15, -0.1) is 24.0 Å². The molecular weight excluding hydrogens is 365 g/mol. The van der Waals surface area contributed by atoms with Crippen LogP contribution in [0.4, 0.5) is 0 Å². The van der Waals surface area contributed by atoms with Crippen molar-refractivity contribution in [2.24, 2.45) is 16.8 Å². The van der Waals surface area contributed by atoms with Gasteiger partial charge in [0.1, 0.15) is 0 Å². The lowest BCUT2D eigenvalue weighted by Gasteiger charge is -2.22. The molecule has 0 spiro atoms. The van der Waals surface area contributed by atoms with E-state index in [0.717, 1.165) is 44.1 Å². The molecule has 1 aliphatic carbocycles. The second-order valence-corrected chi connectivity index (χ2v) is 5.95. The van der Waals surface area contributed by atoms with Crippen LogP contribution in [-0.4, -0.2) is 51.3 Å². The Balaban J connectivity index is 0.00000361. The first-order chi connectivity index (χ1) is 9.13. The number of aliphatic imine (C=N–C) groups is 1. The Morgan fingerprint density at radius 2 is 2.10 bits per heavy atom. The van der Waals surface area contributed by atoms with E-state index in [1.807, 2.05) is 7.05 Å². The predicted molar refractivity (Wildman–Crippen MR) is 97.0 cm³/mol. The molecule has 0 bridgehead atoms. The average Bonchev–Trinajstić information content (AvgIpc) is 3.18. The summed E-state index contributed by atoms with van der Waals surface area (Å²) in [6, 6.07) is 0. The molecule has 0 unspecified atom stereocenters. The molecule has 0 radical (unpaired) electrons. The molecule has 1 N–H and O–H groups in total. The summed E-state index contributed by atoms with van der Waals surface area (Å²) in [5.41, 5.74) is 0. The van der Waals surface area contributed by atoms with Gasteiger partial charge < -0.3 is 15.0 Å². The van der Waals surface area contributed by atoms with Crippen molar-refractivity contribution in [2.45, 2.75) is 39.5 Å². The highest BCUT2D eigenvalue weighted by Crippen LogP contribution is 2.28. The van der Waals surface area contributed by atoms with Crippen LogP contribution in [0, 0.1) is 11.8 Å². The van der Waals surface area contributed by atoms with E-state index >= 15 is 0 Å². The van der Waals surface area contributed by atoms with Gasteiger partial charge in [0.2, 0.25) is 0 Å². The number of ether oxygens (including phenoxy) is 1. The van der Waals surface area contributed by atoms with Gasteiger partial charge in [0, 0.05) is 33.8 Å². The van der Waals surface area contributed by atoms with Crippen LogP contribution in [0.1, 0.15) is 39.5 Å². The monoisotopic (exact) mass is 397 g/mol. The van der Waals surface area contributed by atoms with Crippen LogP contribution in [-0.2, 0) is 4.74 Å². The molecule has 1 saturated carbocycles. The maximum atomic E-state index is 5.66. The lowest BCUT2D eigenvalue weighted by molar-refractivity contribution is 0.115. The molecule has 1 fully saturated rings. The van der Waals surface area contributed by atoms with E-state index in [-0.39, 0.29) is 24.0 Å². The number of nitrogens with one attached hydrogen (secondary N) is 1. The molecule has 0 aromatic carbocycles. The molecule has 0 atom stereocenters. The number of hydrogen-bond donors (Lipinski definition) is 1. The molecule has 0 heterocycles. The smallest absolute Gasteiger partial charge is 0.193 e. The number of guanidine groups is 1. The van der Waals surface area contributed by atoms with Crippen molar-refractivity contribution >= 4 is 29.9 Å². The highest BCUT2D eigenvalue weighted by Gasteiger charge is 2.21. The van der Waals surface area contributed by atoms with Crippen LogP contribution in [0.15, 0.2) is 4.99 Å². The summed E-state index contributed by atoms with van der Waals surface area (Å²) in [7, 11) is 3.91. The fraction of sp³-hybridized carbons (Fsp3) is 0.933. The molecule has 0 aliphatic heterocycles. The third kappa shape index (κ3) is 9.80. The van der Waals surface area contributed by atoms with Gasteiger partial charge in [0.15, 0.2) is 5.96 Å². The second kappa shape index (κ2) is 11.6. The van der Waals surface area contributed by atoms with Crippen molar-refractivity contribution in [1.82, 2.24) is 10.2 Å². The summed E-state index contributed by atoms with van der Waals surface area (Å²) in [4.78, 5) is 6.45. The zero-order valence-corrected chi connectivity index (χ0v) is 15.9. The number of rotatable bonds is 9. The van der Waals surface area contributed by atoms with E-state index in [4.69, 9.17) is 4.74 Å². The Labute approximate surface area is 141 Å². The van der Waals surface area contributed by atoms with Crippen LogP contribution < -0.4 is 5.32 Å². The summed E-state index contributed by atoms with van der Waals surface area (Å²) < 4.78 is 5.66. The first kappa shape index (κ1) is 20.0. The van der Waals surface area contributed by atoms with Crippen LogP contribution in [0.3, 0.4) is 0 Å². The molecule has 0 aromatic heterocycles. The average molecular weight is 397 g/mol. The van der Waals surface area contributed by atoms with Crippen molar-refractivity contribution in [1.29, 1.82) is 0 Å². The van der Waals surface area contributed by atoms with Crippen molar-refractivity contribution in [3.05, 3.63) is 0 Å². The van der Waals surface area contributed by atoms with Gasteiger partial charge in [-0.25, -0.2) is 0 Å². The van der Waals surface area contributed by atoms with Gasteiger partial charge in [0.05, 0.1) is 6.61 Å². The van der Waals surface area contributed by atoms with Crippen LogP contribution in [0.25, 0.3) is 0 Å². The largest absolute Gasteiger partial charge is 0.379 e. The minimum Gasteiger partial charge on any atom is -0.379 e. The summed E-state index contributed by atoms with van der Waals surface area (Å²) in [5.74, 6) is 2.59. The lowest BCUT2D eigenvalue weighted by Crippen LogP contribution is -2.41. The Kier molecular flexibility index (Phi) is 11.6. The van der Waals surface area contributed by atoms with Crippen molar-refractivity contribution in [2.75, 3.05) is 40.4 Å². The van der Waals surface area contributed by atoms with Crippen molar-refractivity contribution in [3.63, 3.8) is 0 Å². The summed E-state index contributed by atoms with van der Waals surface area (Å²) in [6.07, 6.45) is 5.17. The second-order valence-electron chi connectivity index (χ2n) is 5.95. The van der Waals surface area contributed by atoms with Crippen molar-refractivity contribution < 1.29 is 4.74 Å². The highest BCUT2D eigenvalue weighted by atomic mass is 127. The Bertz CT molecular complexity index is 268. The zero-order valence-electron chi connectivity index (χ0n) is 13.5. The molecule has 0 aromatic rings. The van der Waals surface area contributed by atoms with Crippen LogP contribution in [0.5, 0.6) is 0 Å². The molecule has 4 nitrogen and oxygen atoms in total. The summed E-state index contributed by atoms with van der Waals surface area (Å²) in [6.45, 7) is 8.15. The minimum atomic E-state index is 0. The Morgan fingerprint density at radius 3 is 2.65 bits per heavy atom. The SMILES string of the molecule is CN=C(NCCCC(C)C)N(C)CCOCC1CC1.I. The molecule has 5 heteroatoms. The first-order valence-corrected chi connectivity index (χ1v) is 7.63. The maximum Gasteiger partial charge on any atom is 0.193 e. The van der Waals surface area contributed by atoms with Crippen molar-refractivity contribution in [3.8, 4) is 0 Å². The lowest BCUT2D eigenvalue weighted by atomic mass is 10.1. The van der Waals surface area contributed by atoms with Crippen LogP contribution in [0.2, 0.25) is 0 Å². The highest BCUT2D eigenvalue weighted by molar-refractivity contribution is 14.0. The maximum absolute atomic E-state index is 5.66. The topological polar surface area (TPSA) is 36.9 Å². The standard InChI is InChI=1S/C15H31N3O.HI/c1-13(2)6-5-9-17-15(16-3)18(4)10-11-19-12-14-7-8-14;/h13-14H,5-12H2,1-4H3,(H,16,17);1H. The van der Waals surface area contributed by atoms with E-state index in [9.17, 15) is 0 Å². The normalized spacial score (nSPS) is 15.2. The number of likely N-dealkylation sites (N-methyl/N-ethyl adjacent to an activating group) is 1. The minimum absolute atomic E-state index is 0. The van der Waals surface area contributed by atoms with Gasteiger partial charge >= 0.3 is 0 Å². The molecule has 0 saturated heterocycles. The number of hydrogen-bond acceptors (Lipinski definition) is 2. The van der Waals surface area contributed by atoms with E-state index in [0.29, 0.717) is 0 Å². The Hall–Kier alpha value is -0.0400. The van der Waals surface area contributed by atoms with E-state index < -0.39 is 0 Å². The molecule has 120 valence electrons. The molecule has 1 rings (SSSR count). The van der Waals surface area contributed by atoms with Gasteiger partial charge in [-0.1, -0.05) is 13.8 Å². The number of nitrogens with zero attached hydrogens (tertiary/aromatic N) is 2. The van der Waals surface area contributed by atoms with Gasteiger partial charge in [0.25, 0.3) is 0 Å². The van der Waals surface area contributed by atoms with E-state index in [1.54, 1.807) is 0 Å². The Morgan fingerprint density at radius 1 is 1.40 bits per heavy atom. The quantitative estimate of drug-likeness (QED) is 0.281. The third-order valence-corrected chi connectivity index (χ3v) is 3.44. The summed E-state index contributed by atoms with van der Waals surface area (Å²) >= 11 is 0. The zero-order chi connectivity index (χ0) is 14.1. The van der Waals surface area contributed by atoms with Gasteiger partial charge in [-0.2, -0.15) is 0 Å². The van der Waals surface area contributed by atoms with Gasteiger partial charge in [-0.3, -0.25) is 4.99 Å². The fourth-order valence-electron chi connectivity index (χ4n) is 1.94. The summed E-state index contributed by atoms with van der Waals surface area (Å²) in [5, 5.41) is 3.41. The molecule has 20 heavy (non-hydrogen) atoms. The molecule has 1 aliphatic rings. The fourth-order valence-corrected chi connectivity index (χ4v) is 1.94. The first-order valence-electron chi connectivity index (χ1n) is 7.63. The molecule has 0 amide bonds. The predicted octanol–water partition coefficient (Wildman–Crippen LogP) is 2.97. The van der Waals surface area contributed by atoms with Crippen LogP contribution >= 0.6 is 24.0 Å². The van der Waals surface area contributed by atoms with E-state index in [2.05, 4.69) is 36.1 Å². The third-order valence-electron chi connectivity index (χ3n) is 3.44. The number of halogens is 1. The van der Waals surface area contributed by atoms with E-state index in [1.165, 1.54) is 25.7 Å².